The van der Waals surface area contributed by atoms with Gasteiger partial charge in [0.1, 0.15) is 5.54 Å². The minimum atomic E-state index is -2.81. The number of nitrogens with zero attached hydrogens (tertiary/aromatic N) is 1. The lowest BCUT2D eigenvalue weighted by atomic mass is 9.86. The first kappa shape index (κ1) is 34.5. The molecule has 3 rings (SSSR count). The number of alkyl halides is 2. The van der Waals surface area contributed by atoms with Gasteiger partial charge < -0.3 is 16.4 Å². The van der Waals surface area contributed by atoms with Crippen LogP contribution in [0.1, 0.15) is 68.1 Å². The number of primary amides is 1. The minimum absolute atomic E-state index is 0.219. The van der Waals surface area contributed by atoms with Crippen LogP contribution in [0, 0.1) is 17.8 Å². The van der Waals surface area contributed by atoms with Crippen molar-refractivity contribution in [2.45, 2.75) is 59.5 Å². The van der Waals surface area contributed by atoms with Gasteiger partial charge >= 0.3 is 0 Å². The molecule has 0 saturated carbocycles. The van der Waals surface area contributed by atoms with Crippen LogP contribution in [0.2, 0.25) is 0 Å². The summed E-state index contributed by atoms with van der Waals surface area (Å²) in [6, 6.07) is 14.5. The van der Waals surface area contributed by atoms with Crippen LogP contribution in [0.3, 0.4) is 0 Å². The zero-order valence-corrected chi connectivity index (χ0v) is 24.4. The summed E-state index contributed by atoms with van der Waals surface area (Å²) >= 11 is 0. The molecule has 2 unspecified atom stereocenters. The predicted octanol–water partition coefficient (Wildman–Crippen LogP) is 4.98. The van der Waals surface area contributed by atoms with Crippen LogP contribution in [0.5, 0.6) is 0 Å². The first-order chi connectivity index (χ1) is 19.0. The molecule has 218 valence electrons. The Morgan fingerprint density at radius 1 is 1.07 bits per heavy atom. The van der Waals surface area contributed by atoms with E-state index >= 15 is 0 Å². The molecule has 1 fully saturated rings. The first-order valence-corrected chi connectivity index (χ1v) is 13.6. The van der Waals surface area contributed by atoms with Crippen molar-refractivity contribution < 1.29 is 18.4 Å². The summed E-state index contributed by atoms with van der Waals surface area (Å²) in [6.07, 6.45) is 0.187. The Kier molecular flexibility index (Phi) is 15.5. The fourth-order valence-electron chi connectivity index (χ4n) is 3.63. The normalized spacial score (nSPS) is 15.0. The van der Waals surface area contributed by atoms with Gasteiger partial charge in [0.15, 0.2) is 0 Å². The first-order valence-electron chi connectivity index (χ1n) is 13.6. The number of nitrogens with one attached hydrogen (secondary N) is 2. The smallest absolute Gasteiger partial charge is 0.252 e. The molecule has 2 atom stereocenters. The number of rotatable bonds is 7. The maximum Gasteiger partial charge on any atom is 0.252 e. The van der Waals surface area contributed by atoms with Crippen molar-refractivity contribution in [1.29, 1.82) is 0 Å². The van der Waals surface area contributed by atoms with Crippen LogP contribution in [0.4, 0.5) is 8.78 Å². The van der Waals surface area contributed by atoms with E-state index in [1.165, 1.54) is 38.0 Å². The molecule has 0 bridgehead atoms. The summed E-state index contributed by atoms with van der Waals surface area (Å²) in [6.45, 7) is 16.9. The standard InChI is InChI=1S/C26H30F2N4O2.C3H8.C3H6/c1-18(23(27)28)26(2,25(29)34)31-24(33)22-11-9-20(10-12-22)4-3-19-5-7-21(8-6-19)17-32-15-13-30-14-16-32;2*1-3-2/h5-12,18,23,30H,13-17H2,1-2H3,(H2,29,34)(H,31,33);3H2,1-2H3;3H,1H2,2H3. The molecule has 0 aromatic heterocycles. The second kappa shape index (κ2) is 17.9. The van der Waals surface area contributed by atoms with E-state index in [4.69, 9.17) is 5.73 Å². The van der Waals surface area contributed by atoms with Crippen LogP contribution in [0.15, 0.2) is 61.2 Å². The summed E-state index contributed by atoms with van der Waals surface area (Å²) in [4.78, 5) is 26.7. The molecule has 0 radical (unpaired) electrons. The van der Waals surface area contributed by atoms with Crippen molar-refractivity contribution in [3.8, 4) is 11.8 Å². The van der Waals surface area contributed by atoms with Gasteiger partial charge in [-0.2, -0.15) is 0 Å². The molecular formula is C32H44F2N4O2. The quantitative estimate of drug-likeness (QED) is 0.333. The molecule has 0 aliphatic carbocycles. The number of carbonyl (C=O) groups is 2. The van der Waals surface area contributed by atoms with Crippen molar-refractivity contribution in [2.75, 3.05) is 26.2 Å². The van der Waals surface area contributed by atoms with Crippen molar-refractivity contribution in [3.63, 3.8) is 0 Å². The van der Waals surface area contributed by atoms with Crippen LogP contribution in [-0.2, 0) is 11.3 Å². The van der Waals surface area contributed by atoms with E-state index in [1.807, 2.05) is 19.1 Å². The number of nitrogens with two attached hydrogens (primary N) is 1. The van der Waals surface area contributed by atoms with Crippen LogP contribution in [0.25, 0.3) is 0 Å². The Hall–Kier alpha value is -3.54. The van der Waals surface area contributed by atoms with Gasteiger partial charge in [0.25, 0.3) is 5.91 Å². The molecule has 8 heteroatoms. The van der Waals surface area contributed by atoms with Crippen LogP contribution >= 0.6 is 0 Å². The van der Waals surface area contributed by atoms with Gasteiger partial charge in [0.05, 0.1) is 0 Å². The van der Waals surface area contributed by atoms with E-state index in [9.17, 15) is 18.4 Å². The van der Waals surface area contributed by atoms with Crippen LogP contribution in [-0.4, -0.2) is 54.9 Å². The predicted molar refractivity (Wildman–Crippen MR) is 159 cm³/mol. The monoisotopic (exact) mass is 554 g/mol. The third kappa shape index (κ3) is 11.3. The lowest BCUT2D eigenvalue weighted by Gasteiger charge is -2.33. The van der Waals surface area contributed by atoms with E-state index in [-0.39, 0.29) is 5.56 Å². The number of carbonyl (C=O) groups excluding carboxylic acids is 2. The number of allylic oxidation sites excluding steroid dienone is 1. The number of amides is 2. The number of halogens is 2. The summed E-state index contributed by atoms with van der Waals surface area (Å²) in [5, 5.41) is 5.71. The van der Waals surface area contributed by atoms with Crippen LogP contribution < -0.4 is 16.4 Å². The summed E-state index contributed by atoms with van der Waals surface area (Å²) in [5.74, 6) is 3.04. The Morgan fingerprint density at radius 3 is 1.95 bits per heavy atom. The highest BCUT2D eigenvalue weighted by molar-refractivity contribution is 5.99. The highest BCUT2D eigenvalue weighted by Crippen LogP contribution is 2.24. The zero-order valence-electron chi connectivity index (χ0n) is 24.4. The third-order valence-electron chi connectivity index (χ3n) is 6.24. The topological polar surface area (TPSA) is 87.5 Å². The molecule has 1 saturated heterocycles. The Balaban J connectivity index is 0.00000122. The fraction of sp³-hybridized carbons (Fsp3) is 0.438. The van der Waals surface area contributed by atoms with Gasteiger partial charge in [0, 0.05) is 55.3 Å². The van der Waals surface area contributed by atoms with Gasteiger partial charge in [-0.3, -0.25) is 14.5 Å². The molecule has 1 heterocycles. The molecule has 1 aliphatic heterocycles. The van der Waals surface area contributed by atoms with Gasteiger partial charge in [-0.25, -0.2) is 8.78 Å². The van der Waals surface area contributed by atoms with Crippen molar-refractivity contribution in [2.24, 2.45) is 11.7 Å². The molecule has 6 nitrogen and oxygen atoms in total. The van der Waals surface area contributed by atoms with Crippen molar-refractivity contribution >= 4 is 11.8 Å². The second-order valence-electron chi connectivity index (χ2n) is 9.81. The summed E-state index contributed by atoms with van der Waals surface area (Å²) in [7, 11) is 0. The Labute approximate surface area is 238 Å². The number of benzene rings is 2. The molecule has 2 amide bonds. The Bertz CT molecular complexity index is 1120. The van der Waals surface area contributed by atoms with Gasteiger partial charge in [0.2, 0.25) is 12.3 Å². The number of hydrogen-bond donors (Lipinski definition) is 3. The molecule has 0 spiro atoms. The highest BCUT2D eigenvalue weighted by atomic mass is 19.3. The molecule has 2 aromatic rings. The SMILES string of the molecule is C=CC.CC(C(F)F)C(C)(NC(=O)c1ccc(C#Cc2ccc(CN3CCNCC3)cc2)cc1)C(N)=O.CCC. The molecule has 2 aromatic carbocycles. The lowest BCUT2D eigenvalue weighted by molar-refractivity contribution is -0.128. The average Bonchev–Trinajstić information content (AvgIpc) is 2.93. The molecule has 4 N–H and O–H groups in total. The van der Waals surface area contributed by atoms with E-state index in [2.05, 4.69) is 59.9 Å². The summed E-state index contributed by atoms with van der Waals surface area (Å²) < 4.78 is 26.3. The van der Waals surface area contributed by atoms with Gasteiger partial charge in [-0.1, -0.05) is 57.2 Å². The minimum Gasteiger partial charge on any atom is -0.368 e. The van der Waals surface area contributed by atoms with Crippen molar-refractivity contribution in [3.05, 3.63) is 83.4 Å². The zero-order chi connectivity index (χ0) is 30.1. The maximum absolute atomic E-state index is 13.2. The Morgan fingerprint density at radius 2 is 1.52 bits per heavy atom. The van der Waals surface area contributed by atoms with E-state index in [0.29, 0.717) is 5.56 Å². The van der Waals surface area contributed by atoms with E-state index < -0.39 is 29.7 Å². The third-order valence-corrected chi connectivity index (χ3v) is 6.24. The van der Waals surface area contributed by atoms with E-state index in [1.54, 1.807) is 18.2 Å². The fourth-order valence-corrected chi connectivity index (χ4v) is 3.63. The molecule has 1 aliphatic rings. The number of piperazine rings is 1. The highest BCUT2D eigenvalue weighted by Gasteiger charge is 2.43. The lowest BCUT2D eigenvalue weighted by Crippen LogP contribution is -2.60. The summed E-state index contributed by atoms with van der Waals surface area (Å²) in [5.41, 5.74) is 6.46. The van der Waals surface area contributed by atoms with Gasteiger partial charge in [-0.05, 0) is 55.8 Å². The van der Waals surface area contributed by atoms with Crippen molar-refractivity contribution in [1.82, 2.24) is 15.5 Å². The maximum atomic E-state index is 13.2. The largest absolute Gasteiger partial charge is 0.368 e. The molecule has 40 heavy (non-hydrogen) atoms. The average molecular weight is 555 g/mol. The number of hydrogen-bond acceptors (Lipinski definition) is 4. The van der Waals surface area contributed by atoms with E-state index in [0.717, 1.165) is 38.3 Å². The molecular weight excluding hydrogens is 510 g/mol. The van der Waals surface area contributed by atoms with Gasteiger partial charge in [-0.15, -0.1) is 6.58 Å². The second-order valence-corrected chi connectivity index (χ2v) is 9.81.